The van der Waals surface area contributed by atoms with Gasteiger partial charge >= 0.3 is 12.3 Å². The van der Waals surface area contributed by atoms with Crippen LogP contribution in [-0.2, 0) is 30.3 Å². The molecule has 0 saturated carbocycles. The largest absolute Gasteiger partial charge is 0.499 e. The molecule has 0 bridgehead atoms. The van der Waals surface area contributed by atoms with Gasteiger partial charge < -0.3 is 23.7 Å². The van der Waals surface area contributed by atoms with Gasteiger partial charge in [-0.1, -0.05) is 24.3 Å². The highest BCUT2D eigenvalue weighted by Gasteiger charge is 2.61. The smallest absolute Gasteiger partial charge is 0.426 e. The Morgan fingerprint density at radius 3 is 2.19 bits per heavy atom. The molecule has 42 heavy (non-hydrogen) atoms. The van der Waals surface area contributed by atoms with Crippen LogP contribution >= 0.6 is 0 Å². The minimum absolute atomic E-state index is 0.290. The number of alkyl halides is 5. The highest BCUT2D eigenvalue weighted by molar-refractivity contribution is 5.55. The zero-order valence-electron chi connectivity index (χ0n) is 23.2. The average molecular weight is 603 g/mol. The van der Waals surface area contributed by atoms with Gasteiger partial charge in [-0.2, -0.15) is 27.4 Å². The maximum Gasteiger partial charge on any atom is 0.499 e. The van der Waals surface area contributed by atoms with Gasteiger partial charge in [0, 0.05) is 32.9 Å². The molecule has 1 saturated heterocycles. The predicted molar refractivity (Wildman–Crippen MR) is 138 cm³/mol. The van der Waals surface area contributed by atoms with Crippen LogP contribution in [0.15, 0.2) is 54.9 Å². The van der Waals surface area contributed by atoms with E-state index in [1.165, 1.54) is 23.1 Å². The molecule has 4 rings (SSSR count). The highest BCUT2D eigenvalue weighted by Crippen LogP contribution is 2.37. The lowest BCUT2D eigenvalue weighted by molar-refractivity contribution is -0.360. The van der Waals surface area contributed by atoms with Gasteiger partial charge in [0.1, 0.15) is 30.4 Å². The topological polar surface area (TPSA) is 98.1 Å². The summed E-state index contributed by atoms with van der Waals surface area (Å²) in [6.45, 7) is 4.59. The second-order valence-corrected chi connectivity index (χ2v) is 9.29. The second-order valence-electron chi connectivity index (χ2n) is 9.29. The van der Waals surface area contributed by atoms with Crippen molar-refractivity contribution < 1.29 is 50.5 Å². The van der Waals surface area contributed by atoms with Crippen LogP contribution in [-0.4, -0.2) is 78.6 Å². The van der Waals surface area contributed by atoms with Crippen molar-refractivity contribution in [1.82, 2.24) is 20.2 Å². The molecule has 0 spiro atoms. The zero-order chi connectivity index (χ0) is 30.5. The Morgan fingerprint density at radius 2 is 1.60 bits per heavy atom. The van der Waals surface area contributed by atoms with Gasteiger partial charge in [0.25, 0.3) is 0 Å². The summed E-state index contributed by atoms with van der Waals surface area (Å²) < 4.78 is 91.4. The van der Waals surface area contributed by atoms with E-state index in [9.17, 15) is 22.0 Å². The fourth-order valence-corrected chi connectivity index (χ4v) is 4.39. The number of hydroxylamine groups is 1. The van der Waals surface area contributed by atoms with Gasteiger partial charge in [0.2, 0.25) is 6.29 Å². The van der Waals surface area contributed by atoms with Crippen LogP contribution < -0.4 is 10.2 Å². The molecule has 0 aliphatic carbocycles. The summed E-state index contributed by atoms with van der Waals surface area (Å²) in [5.41, 5.74) is 4.87. The third kappa shape index (κ3) is 7.22. The van der Waals surface area contributed by atoms with Crippen LogP contribution in [0.4, 0.5) is 22.0 Å². The molecule has 1 fully saturated rings. The van der Waals surface area contributed by atoms with Crippen LogP contribution in [0.3, 0.4) is 0 Å². The maximum atomic E-state index is 13.1. The first-order valence-corrected chi connectivity index (χ1v) is 12.9. The number of nitrogens with zero attached hydrogens (tertiary/aromatic N) is 3. The Morgan fingerprint density at radius 1 is 0.929 bits per heavy atom. The number of rotatable bonds is 12. The summed E-state index contributed by atoms with van der Waals surface area (Å²) >= 11 is 0. The molecule has 5 atom stereocenters. The normalized spacial score (nSPS) is 23.2. The number of halogens is 5. The first-order valence-electron chi connectivity index (χ1n) is 12.9. The highest BCUT2D eigenvalue weighted by atomic mass is 19.4. The van der Waals surface area contributed by atoms with Crippen LogP contribution in [0.5, 0.6) is 5.75 Å². The van der Waals surface area contributed by atoms with Crippen molar-refractivity contribution in [2.45, 2.75) is 63.4 Å². The number of hydrogen-bond acceptors (Lipinski definition) is 9. The predicted octanol–water partition coefficient (Wildman–Crippen LogP) is 4.67. The van der Waals surface area contributed by atoms with Crippen molar-refractivity contribution in [3.8, 4) is 22.8 Å². The van der Waals surface area contributed by atoms with Gasteiger partial charge in [-0.3, -0.25) is 4.84 Å². The molecule has 1 aliphatic rings. The van der Waals surface area contributed by atoms with E-state index in [0.717, 1.165) is 17.7 Å². The molecular weight excluding hydrogens is 571 g/mol. The van der Waals surface area contributed by atoms with Crippen LogP contribution in [0.1, 0.15) is 19.4 Å². The quantitative estimate of drug-likeness (QED) is 0.234. The van der Waals surface area contributed by atoms with E-state index in [4.69, 9.17) is 23.8 Å². The lowest BCUT2D eigenvalue weighted by atomic mass is 9.99. The van der Waals surface area contributed by atoms with Crippen molar-refractivity contribution in [2.75, 3.05) is 20.8 Å². The molecule has 0 amide bonds. The Hall–Kier alpha value is -3.21. The summed E-state index contributed by atoms with van der Waals surface area (Å²) in [6, 6.07) is 11.8. The van der Waals surface area contributed by atoms with E-state index < -0.39 is 30.4 Å². The van der Waals surface area contributed by atoms with Crippen molar-refractivity contribution in [2.24, 2.45) is 0 Å². The molecule has 1 unspecified atom stereocenters. The van der Waals surface area contributed by atoms with Crippen molar-refractivity contribution in [1.29, 1.82) is 0 Å². The van der Waals surface area contributed by atoms with Crippen LogP contribution in [0, 0.1) is 0 Å². The fraction of sp³-hybridized carbons (Fsp3) is 0.481. The summed E-state index contributed by atoms with van der Waals surface area (Å²) in [5.74, 6) is -0.276. The van der Waals surface area contributed by atoms with Crippen molar-refractivity contribution in [3.05, 3.63) is 60.4 Å². The number of nitrogens with one attached hydrogen (secondary N) is 1. The SMILES string of the molecule is CCO[C@H]1C(OC)[C@H](ONCc2ccc(-c3ncn(-c4ccc(OC(F)(F)C(F)(F)F)cc4)n3)cc2)O[C@@H](C)[C@@H]1OC. The molecule has 3 aromatic rings. The molecule has 2 heterocycles. The molecule has 2 aromatic carbocycles. The van der Waals surface area contributed by atoms with E-state index >= 15 is 0 Å². The Bertz CT molecular complexity index is 1280. The zero-order valence-corrected chi connectivity index (χ0v) is 23.2. The lowest BCUT2D eigenvalue weighted by Crippen LogP contribution is -2.60. The van der Waals surface area contributed by atoms with Crippen LogP contribution in [0.25, 0.3) is 17.1 Å². The summed E-state index contributed by atoms with van der Waals surface area (Å²) in [6.07, 6.45) is -12.0. The van der Waals surface area contributed by atoms with E-state index in [2.05, 4.69) is 20.3 Å². The number of benzene rings is 2. The maximum absolute atomic E-state index is 13.1. The number of methoxy groups -OCH3 is 2. The Balaban J connectivity index is 1.33. The Labute approximate surface area is 238 Å². The average Bonchev–Trinajstić information content (AvgIpc) is 3.44. The fourth-order valence-electron chi connectivity index (χ4n) is 4.39. The van der Waals surface area contributed by atoms with E-state index in [-0.39, 0.29) is 18.3 Å². The Kier molecular flexibility index (Phi) is 10.1. The van der Waals surface area contributed by atoms with E-state index in [1.807, 2.05) is 26.0 Å². The third-order valence-electron chi connectivity index (χ3n) is 6.49. The van der Waals surface area contributed by atoms with E-state index in [1.54, 1.807) is 26.4 Å². The van der Waals surface area contributed by atoms with Gasteiger partial charge in [-0.05, 0) is 43.7 Å². The van der Waals surface area contributed by atoms with Gasteiger partial charge in [-0.25, -0.2) is 9.67 Å². The summed E-state index contributed by atoms with van der Waals surface area (Å²) in [7, 11) is 3.15. The number of aromatic nitrogens is 3. The van der Waals surface area contributed by atoms with Gasteiger partial charge in [0.05, 0.1) is 11.8 Å². The van der Waals surface area contributed by atoms with Gasteiger partial charge in [0.15, 0.2) is 5.82 Å². The van der Waals surface area contributed by atoms with Crippen molar-refractivity contribution >= 4 is 0 Å². The van der Waals surface area contributed by atoms with E-state index in [0.29, 0.717) is 30.2 Å². The molecule has 1 N–H and O–H groups in total. The summed E-state index contributed by atoms with van der Waals surface area (Å²) in [5, 5.41) is 4.35. The third-order valence-corrected chi connectivity index (χ3v) is 6.49. The molecule has 15 heteroatoms. The second kappa shape index (κ2) is 13.4. The molecule has 1 aromatic heterocycles. The number of hydrogen-bond donors (Lipinski definition) is 1. The van der Waals surface area contributed by atoms with Crippen molar-refractivity contribution in [3.63, 3.8) is 0 Å². The first-order chi connectivity index (χ1) is 20.0. The molecular formula is C27H31F5N4O6. The molecule has 0 radical (unpaired) electrons. The minimum Gasteiger partial charge on any atom is -0.426 e. The molecule has 1 aliphatic heterocycles. The monoisotopic (exact) mass is 602 g/mol. The summed E-state index contributed by atoms with van der Waals surface area (Å²) in [4.78, 5) is 10.0. The molecule has 230 valence electrons. The lowest BCUT2D eigenvalue weighted by Gasteiger charge is -2.43. The number of ether oxygens (including phenoxy) is 5. The molecule has 10 nitrogen and oxygen atoms in total. The van der Waals surface area contributed by atoms with Gasteiger partial charge in [-0.15, -0.1) is 5.10 Å². The minimum atomic E-state index is -5.83. The first kappa shape index (κ1) is 31.7. The van der Waals surface area contributed by atoms with Crippen LogP contribution in [0.2, 0.25) is 0 Å². The standard InChI is InChI=1S/C27H31F5N4O6/c1-5-39-22-21(37-3)16(2)40-25(23(22)38-4)42-34-14-17-6-8-18(9-7-17)24-33-15-36(35-24)19-10-12-20(13-11-19)41-27(31,32)26(28,29)30/h6-13,15-16,21-23,25,34H,5,14H2,1-4H3/t16-,21-,22+,23?,25-/m0/s1.